The molecule has 3 atom stereocenters. The highest BCUT2D eigenvalue weighted by molar-refractivity contribution is 6.74. The second kappa shape index (κ2) is 7.50. The molecular formula is C18H32O5Si. The van der Waals surface area contributed by atoms with Crippen LogP contribution in [0.15, 0.2) is 12.7 Å². The predicted octanol–water partition coefficient (Wildman–Crippen LogP) is 3.23. The molecule has 0 aromatic carbocycles. The van der Waals surface area contributed by atoms with Gasteiger partial charge in [-0.2, -0.15) is 0 Å². The van der Waals surface area contributed by atoms with Gasteiger partial charge in [-0.25, -0.2) is 4.79 Å². The van der Waals surface area contributed by atoms with Gasteiger partial charge in [0.05, 0.1) is 7.11 Å². The van der Waals surface area contributed by atoms with Gasteiger partial charge in [-0.3, -0.25) is 4.79 Å². The molecule has 24 heavy (non-hydrogen) atoms. The average Bonchev–Trinajstić information content (AvgIpc) is 2.46. The van der Waals surface area contributed by atoms with E-state index in [-0.39, 0.29) is 23.7 Å². The molecule has 0 unspecified atom stereocenters. The van der Waals surface area contributed by atoms with E-state index in [9.17, 15) is 14.7 Å². The van der Waals surface area contributed by atoms with E-state index >= 15 is 0 Å². The lowest BCUT2D eigenvalue weighted by molar-refractivity contribution is -0.174. The van der Waals surface area contributed by atoms with Crippen molar-refractivity contribution in [1.82, 2.24) is 0 Å². The maximum absolute atomic E-state index is 12.8. The molecule has 1 aliphatic rings. The van der Waals surface area contributed by atoms with E-state index in [4.69, 9.17) is 9.16 Å². The van der Waals surface area contributed by atoms with Gasteiger partial charge >= 0.3 is 5.97 Å². The molecular weight excluding hydrogens is 324 g/mol. The summed E-state index contributed by atoms with van der Waals surface area (Å²) >= 11 is 0. The van der Waals surface area contributed by atoms with Crippen molar-refractivity contribution in [3.05, 3.63) is 12.7 Å². The van der Waals surface area contributed by atoms with Crippen LogP contribution < -0.4 is 0 Å². The summed E-state index contributed by atoms with van der Waals surface area (Å²) in [5, 5.41) is 10.7. The first-order valence-electron chi connectivity index (χ1n) is 8.51. The molecule has 0 amide bonds. The Labute approximate surface area is 146 Å². The third kappa shape index (κ3) is 4.55. The Morgan fingerprint density at radius 3 is 2.46 bits per heavy atom. The number of rotatable bonds is 6. The number of esters is 1. The average molecular weight is 357 g/mol. The minimum Gasteiger partial charge on any atom is -0.467 e. The molecule has 0 bridgehead atoms. The number of allylic oxidation sites excluding steroid dienone is 1. The molecule has 138 valence electrons. The number of methoxy groups -OCH3 is 1. The second-order valence-electron chi connectivity index (χ2n) is 8.26. The van der Waals surface area contributed by atoms with Crippen LogP contribution in [0.2, 0.25) is 18.1 Å². The zero-order chi connectivity index (χ0) is 18.8. The summed E-state index contributed by atoms with van der Waals surface area (Å²) in [5.74, 6) is -1.13. The molecule has 1 aliphatic carbocycles. The highest BCUT2D eigenvalue weighted by Gasteiger charge is 2.52. The summed E-state index contributed by atoms with van der Waals surface area (Å²) in [6.45, 7) is 14.1. The summed E-state index contributed by atoms with van der Waals surface area (Å²) in [7, 11) is -0.957. The number of aliphatic hydroxyl groups is 1. The zero-order valence-corrected chi connectivity index (χ0v) is 16.8. The first-order valence-corrected chi connectivity index (χ1v) is 11.4. The van der Waals surface area contributed by atoms with Gasteiger partial charge in [0.2, 0.25) is 0 Å². The Balaban J connectivity index is 3.10. The van der Waals surface area contributed by atoms with E-state index in [1.165, 1.54) is 7.11 Å². The van der Waals surface area contributed by atoms with Gasteiger partial charge in [0, 0.05) is 12.3 Å². The maximum Gasteiger partial charge on any atom is 0.337 e. The molecule has 0 saturated heterocycles. The van der Waals surface area contributed by atoms with Gasteiger partial charge in [0.15, 0.2) is 19.7 Å². The fraction of sp³-hybridized carbons (Fsp3) is 0.778. The van der Waals surface area contributed by atoms with Crippen LogP contribution in [0.1, 0.15) is 46.5 Å². The van der Waals surface area contributed by atoms with Crippen LogP contribution in [0.4, 0.5) is 0 Å². The highest BCUT2D eigenvalue weighted by Crippen LogP contribution is 2.41. The number of ketones is 1. The van der Waals surface area contributed by atoms with Crippen LogP contribution in [0.3, 0.4) is 0 Å². The molecule has 0 aromatic heterocycles. The Morgan fingerprint density at radius 1 is 1.42 bits per heavy atom. The van der Waals surface area contributed by atoms with Crippen LogP contribution >= 0.6 is 0 Å². The van der Waals surface area contributed by atoms with Gasteiger partial charge in [0.25, 0.3) is 0 Å². The van der Waals surface area contributed by atoms with Gasteiger partial charge < -0.3 is 14.3 Å². The van der Waals surface area contributed by atoms with Crippen molar-refractivity contribution >= 4 is 20.1 Å². The third-order valence-electron chi connectivity index (χ3n) is 5.35. The molecule has 0 spiro atoms. The fourth-order valence-electron chi connectivity index (χ4n) is 2.81. The minimum atomic E-state index is -2.21. The number of carbonyl (C=O) groups is 2. The third-order valence-corrected chi connectivity index (χ3v) is 9.84. The van der Waals surface area contributed by atoms with E-state index in [0.717, 1.165) is 0 Å². The topological polar surface area (TPSA) is 72.8 Å². The lowest BCUT2D eigenvalue weighted by Crippen LogP contribution is -2.56. The molecule has 5 nitrogen and oxygen atoms in total. The van der Waals surface area contributed by atoms with Gasteiger partial charge in [-0.1, -0.05) is 26.8 Å². The minimum absolute atomic E-state index is 0.0183. The van der Waals surface area contributed by atoms with E-state index in [1.54, 1.807) is 6.08 Å². The molecule has 0 radical (unpaired) electrons. The number of Topliss-reactive ketones (excluding diaryl/α,β-unsaturated/α-hetero) is 1. The normalized spacial score (nSPS) is 28.5. The van der Waals surface area contributed by atoms with Crippen molar-refractivity contribution < 1.29 is 23.9 Å². The fourth-order valence-corrected chi connectivity index (χ4v) is 4.08. The molecule has 0 aliphatic heterocycles. The van der Waals surface area contributed by atoms with E-state index in [0.29, 0.717) is 12.8 Å². The standard InChI is InChI=1S/C18H32O5Si/c1-8-9-10-13-11-18(21,16(20)22-5)12-14(15(13)19)23-24(6,7)17(2,3)4/h8,13-14,21H,1,9-12H2,2-7H3/t13-,14+,18-/m0/s1. The van der Waals surface area contributed by atoms with Crippen molar-refractivity contribution in [2.75, 3.05) is 7.11 Å². The maximum atomic E-state index is 12.8. The van der Waals surface area contributed by atoms with Crippen molar-refractivity contribution in [2.24, 2.45) is 5.92 Å². The number of hydrogen-bond acceptors (Lipinski definition) is 5. The highest BCUT2D eigenvalue weighted by atomic mass is 28.4. The molecule has 0 aromatic rings. The van der Waals surface area contributed by atoms with E-state index in [2.05, 4.69) is 40.4 Å². The van der Waals surface area contributed by atoms with Crippen molar-refractivity contribution in [2.45, 2.75) is 76.3 Å². The van der Waals surface area contributed by atoms with E-state index in [1.807, 2.05) is 0 Å². The van der Waals surface area contributed by atoms with E-state index < -0.39 is 31.9 Å². The number of carbonyl (C=O) groups excluding carboxylic acids is 2. The molecule has 1 N–H and O–H groups in total. The van der Waals surface area contributed by atoms with Gasteiger partial charge in [-0.15, -0.1) is 6.58 Å². The predicted molar refractivity (Wildman–Crippen MR) is 96.2 cm³/mol. The van der Waals surface area contributed by atoms with Crippen LogP contribution in [0, 0.1) is 5.92 Å². The SMILES string of the molecule is C=CCC[C@H]1C[C@@](O)(C(=O)OC)C[C@@H](O[Si](C)(C)C(C)(C)C)C1=O. The lowest BCUT2D eigenvalue weighted by atomic mass is 9.74. The first kappa shape index (κ1) is 21.1. The van der Waals surface area contributed by atoms with Crippen LogP contribution in [0.5, 0.6) is 0 Å². The Hall–Kier alpha value is -0.983. The second-order valence-corrected chi connectivity index (χ2v) is 13.0. The van der Waals surface area contributed by atoms with Crippen LogP contribution in [-0.4, -0.2) is 44.0 Å². The van der Waals surface area contributed by atoms with Crippen LogP contribution in [0.25, 0.3) is 0 Å². The summed E-state index contributed by atoms with van der Waals surface area (Å²) in [5.41, 5.74) is -1.67. The zero-order valence-electron chi connectivity index (χ0n) is 15.8. The molecule has 1 saturated carbocycles. The van der Waals surface area contributed by atoms with Crippen LogP contribution in [-0.2, 0) is 18.8 Å². The van der Waals surface area contributed by atoms with Crippen molar-refractivity contribution in [3.63, 3.8) is 0 Å². The van der Waals surface area contributed by atoms with Gasteiger partial charge in [0.1, 0.15) is 6.10 Å². The molecule has 1 fully saturated rings. The van der Waals surface area contributed by atoms with Crippen molar-refractivity contribution in [3.8, 4) is 0 Å². The first-order chi connectivity index (χ1) is 10.9. The number of hydrogen-bond donors (Lipinski definition) is 1. The largest absolute Gasteiger partial charge is 0.467 e. The van der Waals surface area contributed by atoms with Gasteiger partial charge in [-0.05, 0) is 37.4 Å². The molecule has 6 heteroatoms. The monoisotopic (exact) mass is 356 g/mol. The summed E-state index contributed by atoms with van der Waals surface area (Å²) in [6, 6.07) is 0. The quantitative estimate of drug-likeness (QED) is 0.449. The Bertz CT molecular complexity index is 494. The smallest absolute Gasteiger partial charge is 0.337 e. The van der Waals surface area contributed by atoms with Crippen molar-refractivity contribution in [1.29, 1.82) is 0 Å². The summed E-state index contributed by atoms with van der Waals surface area (Å²) in [6.07, 6.45) is 2.24. The Kier molecular flexibility index (Phi) is 6.58. The Morgan fingerprint density at radius 2 is 2.00 bits per heavy atom. The number of ether oxygens (including phenoxy) is 1. The summed E-state index contributed by atoms with van der Waals surface area (Å²) in [4.78, 5) is 24.9. The summed E-state index contributed by atoms with van der Waals surface area (Å²) < 4.78 is 11.0. The molecule has 1 rings (SSSR count). The molecule has 0 heterocycles. The lowest BCUT2D eigenvalue weighted by Gasteiger charge is -2.44.